The number of hydrogen-bond donors (Lipinski definition) is 2. The molecule has 0 aliphatic heterocycles. The fourth-order valence-electron chi connectivity index (χ4n) is 1.97. The van der Waals surface area contributed by atoms with Crippen LogP contribution in [0.4, 0.5) is 5.69 Å². The molecule has 6 heteroatoms. The minimum Gasteiger partial charge on any atom is -0.497 e. The van der Waals surface area contributed by atoms with Gasteiger partial charge in [0.15, 0.2) is 0 Å². The lowest BCUT2D eigenvalue weighted by Crippen LogP contribution is -2.13. The lowest BCUT2D eigenvalue weighted by Gasteiger charge is -2.11. The largest absolute Gasteiger partial charge is 0.497 e. The summed E-state index contributed by atoms with van der Waals surface area (Å²) in [5.41, 5.74) is 7.82. The van der Waals surface area contributed by atoms with Gasteiger partial charge in [0.1, 0.15) is 5.75 Å². The van der Waals surface area contributed by atoms with Crippen LogP contribution in [0.25, 0.3) is 0 Å². The number of sulfonamides is 1. The van der Waals surface area contributed by atoms with Crippen molar-refractivity contribution in [3.05, 3.63) is 53.6 Å². The Bertz CT molecular complexity index is 742. The molecule has 0 radical (unpaired) electrons. The van der Waals surface area contributed by atoms with Crippen LogP contribution in [-0.2, 0) is 16.6 Å². The molecule has 0 saturated carbocycles. The molecular weight excluding hydrogens is 288 g/mol. The number of aryl methyl sites for hydroxylation is 1. The monoisotopic (exact) mass is 306 g/mol. The van der Waals surface area contributed by atoms with Gasteiger partial charge in [-0.2, -0.15) is 0 Å². The van der Waals surface area contributed by atoms with Crippen molar-refractivity contribution < 1.29 is 13.2 Å². The van der Waals surface area contributed by atoms with Crippen molar-refractivity contribution in [2.24, 2.45) is 5.73 Å². The van der Waals surface area contributed by atoms with Crippen LogP contribution in [0.3, 0.4) is 0 Å². The summed E-state index contributed by atoms with van der Waals surface area (Å²) in [5, 5.41) is 0. The van der Waals surface area contributed by atoms with Crippen molar-refractivity contribution in [2.75, 3.05) is 11.8 Å². The van der Waals surface area contributed by atoms with Crippen LogP contribution < -0.4 is 15.2 Å². The number of benzene rings is 2. The van der Waals surface area contributed by atoms with E-state index < -0.39 is 10.0 Å². The van der Waals surface area contributed by atoms with E-state index in [1.165, 1.54) is 7.11 Å². The molecule has 0 aliphatic rings. The second-order valence-electron chi connectivity index (χ2n) is 4.63. The zero-order valence-electron chi connectivity index (χ0n) is 12.0. The smallest absolute Gasteiger partial charge is 0.261 e. The summed E-state index contributed by atoms with van der Waals surface area (Å²) >= 11 is 0. The molecule has 2 aromatic rings. The van der Waals surface area contributed by atoms with Crippen molar-refractivity contribution in [1.29, 1.82) is 0 Å². The average molecular weight is 306 g/mol. The van der Waals surface area contributed by atoms with E-state index in [9.17, 15) is 8.42 Å². The lowest BCUT2D eigenvalue weighted by molar-refractivity contribution is 0.415. The zero-order chi connectivity index (χ0) is 15.5. The van der Waals surface area contributed by atoms with Gasteiger partial charge in [0.25, 0.3) is 10.0 Å². The van der Waals surface area contributed by atoms with Crippen LogP contribution in [0.5, 0.6) is 5.75 Å². The molecule has 0 unspecified atom stereocenters. The molecule has 112 valence electrons. The maximum absolute atomic E-state index is 12.4. The Morgan fingerprint density at radius 1 is 1.19 bits per heavy atom. The SMILES string of the molecule is COc1cccc(NS(=O)(=O)c2ccc(CN)c(C)c2)c1. The zero-order valence-corrected chi connectivity index (χ0v) is 12.8. The van der Waals surface area contributed by atoms with E-state index >= 15 is 0 Å². The number of methoxy groups -OCH3 is 1. The molecular formula is C15H18N2O3S. The van der Waals surface area contributed by atoms with Crippen LogP contribution in [0, 0.1) is 6.92 Å². The third kappa shape index (κ3) is 3.53. The second kappa shape index (κ2) is 6.15. The minimum absolute atomic E-state index is 0.208. The van der Waals surface area contributed by atoms with Gasteiger partial charge in [-0.05, 0) is 42.3 Å². The summed E-state index contributed by atoms with van der Waals surface area (Å²) in [6.07, 6.45) is 0. The molecule has 0 saturated heterocycles. The van der Waals surface area contributed by atoms with Crippen LogP contribution in [0.1, 0.15) is 11.1 Å². The molecule has 5 nitrogen and oxygen atoms in total. The Labute approximate surface area is 124 Å². The topological polar surface area (TPSA) is 81.4 Å². The quantitative estimate of drug-likeness (QED) is 0.888. The Balaban J connectivity index is 2.31. The van der Waals surface area contributed by atoms with Crippen LogP contribution in [0.15, 0.2) is 47.4 Å². The molecule has 0 bridgehead atoms. The van der Waals surface area contributed by atoms with E-state index in [0.29, 0.717) is 18.0 Å². The fourth-order valence-corrected chi connectivity index (χ4v) is 3.10. The number of ether oxygens (including phenoxy) is 1. The van der Waals surface area contributed by atoms with E-state index in [0.717, 1.165) is 11.1 Å². The Hall–Kier alpha value is -2.05. The van der Waals surface area contributed by atoms with E-state index in [1.54, 1.807) is 42.5 Å². The predicted molar refractivity (Wildman–Crippen MR) is 82.9 cm³/mol. The highest BCUT2D eigenvalue weighted by Gasteiger charge is 2.15. The first-order valence-corrected chi connectivity index (χ1v) is 7.91. The Kier molecular flexibility index (Phi) is 4.50. The first kappa shape index (κ1) is 15.3. The van der Waals surface area contributed by atoms with E-state index in [-0.39, 0.29) is 4.90 Å². The highest BCUT2D eigenvalue weighted by atomic mass is 32.2. The summed E-state index contributed by atoms with van der Waals surface area (Å²) in [4.78, 5) is 0.208. The number of hydrogen-bond acceptors (Lipinski definition) is 4. The minimum atomic E-state index is -3.63. The average Bonchev–Trinajstić information content (AvgIpc) is 2.47. The van der Waals surface area contributed by atoms with Gasteiger partial charge in [0.05, 0.1) is 17.7 Å². The van der Waals surface area contributed by atoms with Gasteiger partial charge in [-0.1, -0.05) is 12.1 Å². The van der Waals surface area contributed by atoms with Crippen LogP contribution >= 0.6 is 0 Å². The highest BCUT2D eigenvalue weighted by molar-refractivity contribution is 7.92. The summed E-state index contributed by atoms with van der Waals surface area (Å²) in [6.45, 7) is 2.22. The maximum atomic E-state index is 12.4. The summed E-state index contributed by atoms with van der Waals surface area (Å²) in [7, 11) is -2.10. The highest BCUT2D eigenvalue weighted by Crippen LogP contribution is 2.22. The van der Waals surface area contributed by atoms with Crippen molar-refractivity contribution in [2.45, 2.75) is 18.4 Å². The standard InChI is InChI=1S/C15H18N2O3S/c1-11-8-15(7-6-12(11)10-16)21(18,19)17-13-4-3-5-14(9-13)20-2/h3-9,17H,10,16H2,1-2H3. The van der Waals surface area contributed by atoms with Gasteiger partial charge in [0, 0.05) is 12.6 Å². The lowest BCUT2D eigenvalue weighted by atomic mass is 10.1. The van der Waals surface area contributed by atoms with Crippen molar-refractivity contribution in [3.63, 3.8) is 0 Å². The molecule has 0 heterocycles. The first-order valence-electron chi connectivity index (χ1n) is 6.43. The van der Waals surface area contributed by atoms with Crippen molar-refractivity contribution in [3.8, 4) is 5.75 Å². The van der Waals surface area contributed by atoms with Crippen LogP contribution in [0.2, 0.25) is 0 Å². The third-order valence-corrected chi connectivity index (χ3v) is 4.55. The van der Waals surface area contributed by atoms with E-state index in [4.69, 9.17) is 10.5 Å². The van der Waals surface area contributed by atoms with E-state index in [1.807, 2.05) is 6.92 Å². The number of rotatable bonds is 5. The van der Waals surface area contributed by atoms with Gasteiger partial charge < -0.3 is 10.5 Å². The fraction of sp³-hybridized carbons (Fsp3) is 0.200. The summed E-state index contributed by atoms with van der Waals surface area (Å²) in [5.74, 6) is 0.588. The maximum Gasteiger partial charge on any atom is 0.261 e. The first-order chi connectivity index (χ1) is 9.96. The second-order valence-corrected chi connectivity index (χ2v) is 6.31. The molecule has 3 N–H and O–H groups in total. The number of nitrogens with two attached hydrogens (primary N) is 1. The summed E-state index contributed by atoms with van der Waals surface area (Å²) in [6, 6.07) is 11.7. The number of anilines is 1. The number of nitrogens with one attached hydrogen (secondary N) is 1. The molecule has 0 aromatic heterocycles. The van der Waals surface area contributed by atoms with Gasteiger partial charge in [-0.15, -0.1) is 0 Å². The van der Waals surface area contributed by atoms with Gasteiger partial charge in [-0.25, -0.2) is 8.42 Å². The summed E-state index contributed by atoms with van der Waals surface area (Å²) < 4.78 is 32.4. The van der Waals surface area contributed by atoms with E-state index in [2.05, 4.69) is 4.72 Å². The molecule has 2 rings (SSSR count). The Morgan fingerprint density at radius 3 is 2.57 bits per heavy atom. The third-order valence-electron chi connectivity index (χ3n) is 3.17. The van der Waals surface area contributed by atoms with Crippen LogP contribution in [-0.4, -0.2) is 15.5 Å². The van der Waals surface area contributed by atoms with Gasteiger partial charge in [0.2, 0.25) is 0 Å². The molecule has 0 atom stereocenters. The Morgan fingerprint density at radius 2 is 1.95 bits per heavy atom. The molecule has 0 aliphatic carbocycles. The molecule has 0 fully saturated rings. The van der Waals surface area contributed by atoms with Crippen molar-refractivity contribution in [1.82, 2.24) is 0 Å². The predicted octanol–water partition coefficient (Wildman–Crippen LogP) is 2.26. The molecule has 2 aromatic carbocycles. The van der Waals surface area contributed by atoms with Gasteiger partial charge >= 0.3 is 0 Å². The normalized spacial score (nSPS) is 11.2. The molecule has 0 amide bonds. The van der Waals surface area contributed by atoms with Gasteiger partial charge in [-0.3, -0.25) is 4.72 Å². The van der Waals surface area contributed by atoms with Crippen molar-refractivity contribution >= 4 is 15.7 Å². The molecule has 21 heavy (non-hydrogen) atoms. The molecule has 0 spiro atoms.